The highest BCUT2D eigenvalue weighted by atomic mass is 32.2. The molecule has 1 saturated carbocycles. The van der Waals surface area contributed by atoms with Gasteiger partial charge in [0, 0.05) is 18.2 Å². The highest BCUT2D eigenvalue weighted by Gasteiger charge is 2.34. The van der Waals surface area contributed by atoms with Crippen molar-refractivity contribution >= 4 is 36.9 Å². The first-order chi connectivity index (χ1) is 15.4. The molecule has 178 valence electrons. The summed E-state index contributed by atoms with van der Waals surface area (Å²) in [6.45, 7) is 4.40. The van der Waals surface area contributed by atoms with E-state index in [2.05, 4.69) is 15.1 Å². The Morgan fingerprint density at radius 3 is 2.61 bits per heavy atom. The molecule has 0 amide bonds. The van der Waals surface area contributed by atoms with Crippen molar-refractivity contribution in [3.63, 3.8) is 0 Å². The summed E-state index contributed by atoms with van der Waals surface area (Å²) < 4.78 is 52.6. The molecule has 0 radical (unpaired) electrons. The van der Waals surface area contributed by atoms with Crippen molar-refractivity contribution < 1.29 is 21.9 Å². The van der Waals surface area contributed by atoms with E-state index in [1.54, 1.807) is 0 Å². The van der Waals surface area contributed by atoms with Gasteiger partial charge in [0.15, 0.2) is 5.75 Å². The summed E-state index contributed by atoms with van der Waals surface area (Å²) in [5, 5.41) is 19.1. The van der Waals surface area contributed by atoms with Crippen LogP contribution < -0.4 is 15.6 Å². The molecule has 0 spiro atoms. The molecule has 1 fully saturated rings. The number of fused-ring (bicyclic) bond motifs is 1. The van der Waals surface area contributed by atoms with Gasteiger partial charge >= 0.3 is 0 Å². The number of anilines is 2. The molecule has 0 bridgehead atoms. The molecule has 2 aliphatic rings. The van der Waals surface area contributed by atoms with E-state index in [0.717, 1.165) is 24.5 Å². The third-order valence-corrected chi connectivity index (χ3v) is 7.54. The minimum absolute atomic E-state index is 0.0346. The maximum atomic E-state index is 13.2. The van der Waals surface area contributed by atoms with Gasteiger partial charge in [-0.15, -0.1) is 0 Å². The van der Waals surface area contributed by atoms with Gasteiger partial charge in [0.2, 0.25) is 19.9 Å². The van der Waals surface area contributed by atoms with Crippen molar-refractivity contribution in [2.24, 2.45) is 5.92 Å². The van der Waals surface area contributed by atoms with Crippen LogP contribution in [0.25, 0.3) is 5.70 Å². The number of sulfone groups is 1. The summed E-state index contributed by atoms with van der Waals surface area (Å²) in [5.74, 6) is 0.0535. The van der Waals surface area contributed by atoms with Crippen molar-refractivity contribution in [3.8, 4) is 5.75 Å². The standard InChI is InChI=1S/C21H26N4O6S2/c1-12(2)8-9-25-21(27)18(20(26)19(23-25)13-4-5-13)16-11-33(30,31)17-10-14(24-32(3,28)29)6-7-15(17)22-16/h6-7,10-13,22,24,26H,4-5,8-9H2,1-3H3. The fourth-order valence-corrected chi connectivity index (χ4v) is 5.53. The largest absolute Gasteiger partial charge is 0.505 e. The van der Waals surface area contributed by atoms with Gasteiger partial charge in [-0.1, -0.05) is 13.8 Å². The minimum atomic E-state index is -4.05. The van der Waals surface area contributed by atoms with E-state index in [4.69, 9.17) is 0 Å². The fourth-order valence-electron chi connectivity index (χ4n) is 3.64. The molecule has 10 nitrogen and oxygen atoms in total. The van der Waals surface area contributed by atoms with Crippen LogP contribution in [0.1, 0.15) is 50.3 Å². The van der Waals surface area contributed by atoms with Gasteiger partial charge < -0.3 is 10.4 Å². The zero-order valence-electron chi connectivity index (χ0n) is 18.5. The lowest BCUT2D eigenvalue weighted by Gasteiger charge is -2.22. The average Bonchev–Trinajstić information content (AvgIpc) is 3.51. The molecule has 1 aliphatic heterocycles. The van der Waals surface area contributed by atoms with Crippen LogP contribution in [0.4, 0.5) is 11.4 Å². The summed E-state index contributed by atoms with van der Waals surface area (Å²) in [4.78, 5) is 13.1. The van der Waals surface area contributed by atoms with E-state index in [0.29, 0.717) is 24.6 Å². The number of hydrogen-bond donors (Lipinski definition) is 3. The van der Waals surface area contributed by atoms with Crippen molar-refractivity contribution in [3.05, 3.63) is 45.2 Å². The predicted molar refractivity (Wildman–Crippen MR) is 125 cm³/mol. The second kappa shape index (κ2) is 8.17. The maximum Gasteiger partial charge on any atom is 0.279 e. The van der Waals surface area contributed by atoms with Gasteiger partial charge in [0.05, 0.1) is 27.9 Å². The van der Waals surface area contributed by atoms with Crippen LogP contribution in [-0.4, -0.2) is 38.0 Å². The normalized spacial score (nSPS) is 17.3. The van der Waals surface area contributed by atoms with Crippen molar-refractivity contribution in [2.75, 3.05) is 16.3 Å². The zero-order valence-corrected chi connectivity index (χ0v) is 20.1. The van der Waals surface area contributed by atoms with Crippen LogP contribution in [0.5, 0.6) is 5.75 Å². The van der Waals surface area contributed by atoms with E-state index in [9.17, 15) is 26.7 Å². The number of aromatic hydroxyl groups is 1. The van der Waals surface area contributed by atoms with Gasteiger partial charge in [-0.05, 0) is 43.4 Å². The molecular formula is C21H26N4O6S2. The maximum absolute atomic E-state index is 13.2. The Morgan fingerprint density at radius 1 is 1.30 bits per heavy atom. The molecule has 2 aromatic rings. The number of nitrogens with one attached hydrogen (secondary N) is 2. The number of aromatic nitrogens is 2. The van der Waals surface area contributed by atoms with Crippen molar-refractivity contribution in [1.29, 1.82) is 0 Å². The molecule has 33 heavy (non-hydrogen) atoms. The fraction of sp³-hybridized carbons (Fsp3) is 0.429. The van der Waals surface area contributed by atoms with E-state index in [-0.39, 0.29) is 39.2 Å². The number of benzene rings is 1. The molecule has 2 heterocycles. The van der Waals surface area contributed by atoms with Gasteiger partial charge in [-0.3, -0.25) is 9.52 Å². The number of aryl methyl sites for hydroxylation is 1. The van der Waals surface area contributed by atoms with E-state index < -0.39 is 25.4 Å². The Hall–Kier alpha value is -2.86. The molecular weight excluding hydrogens is 468 g/mol. The summed E-state index contributed by atoms with van der Waals surface area (Å²) >= 11 is 0. The average molecular weight is 495 g/mol. The zero-order chi connectivity index (χ0) is 24.1. The van der Waals surface area contributed by atoms with Crippen molar-refractivity contribution in [1.82, 2.24) is 9.78 Å². The lowest BCUT2D eigenvalue weighted by Crippen LogP contribution is -2.30. The number of sulfonamides is 1. The molecule has 4 rings (SSSR count). The highest BCUT2D eigenvalue weighted by Crippen LogP contribution is 2.45. The summed E-state index contributed by atoms with van der Waals surface area (Å²) in [6, 6.07) is 4.02. The van der Waals surface area contributed by atoms with Gasteiger partial charge in [0.25, 0.3) is 5.56 Å². The molecule has 0 atom stereocenters. The number of hydrogen-bond acceptors (Lipinski definition) is 8. The van der Waals surface area contributed by atoms with Gasteiger partial charge in [-0.2, -0.15) is 5.10 Å². The number of nitrogens with zero attached hydrogens (tertiary/aromatic N) is 2. The predicted octanol–water partition coefficient (Wildman–Crippen LogP) is 2.44. The summed E-state index contributed by atoms with van der Waals surface area (Å²) in [7, 11) is -7.64. The smallest absolute Gasteiger partial charge is 0.279 e. The van der Waals surface area contributed by atoms with Crippen molar-refractivity contribution in [2.45, 2.75) is 50.5 Å². The van der Waals surface area contributed by atoms with Gasteiger partial charge in [0.1, 0.15) is 11.3 Å². The van der Waals surface area contributed by atoms with Crippen LogP contribution in [0.15, 0.2) is 33.3 Å². The summed E-state index contributed by atoms with van der Waals surface area (Å²) in [5.41, 5.74) is -0.0990. The third-order valence-electron chi connectivity index (χ3n) is 5.44. The van der Waals surface area contributed by atoms with E-state index >= 15 is 0 Å². The van der Waals surface area contributed by atoms with Crippen LogP contribution in [0.2, 0.25) is 0 Å². The van der Waals surface area contributed by atoms with E-state index in [1.165, 1.54) is 22.9 Å². The topological polar surface area (TPSA) is 147 Å². The van der Waals surface area contributed by atoms with Crippen LogP contribution >= 0.6 is 0 Å². The summed E-state index contributed by atoms with van der Waals surface area (Å²) in [6.07, 6.45) is 3.34. The molecule has 1 aliphatic carbocycles. The third kappa shape index (κ3) is 4.91. The molecule has 0 saturated heterocycles. The molecule has 1 aromatic heterocycles. The Balaban J connectivity index is 1.82. The molecule has 12 heteroatoms. The Kier molecular flexibility index (Phi) is 5.77. The van der Waals surface area contributed by atoms with Crippen LogP contribution in [-0.2, 0) is 26.4 Å². The van der Waals surface area contributed by atoms with E-state index in [1.807, 2.05) is 13.8 Å². The second-order valence-electron chi connectivity index (χ2n) is 8.88. The first kappa shape index (κ1) is 23.3. The lowest BCUT2D eigenvalue weighted by molar-refractivity contribution is 0.428. The lowest BCUT2D eigenvalue weighted by atomic mass is 10.1. The first-order valence-corrected chi connectivity index (χ1v) is 14.0. The Labute approximate surface area is 192 Å². The quantitative estimate of drug-likeness (QED) is 0.532. The molecule has 3 N–H and O–H groups in total. The monoisotopic (exact) mass is 494 g/mol. The Bertz CT molecular complexity index is 1420. The number of rotatable bonds is 7. The van der Waals surface area contributed by atoms with Crippen LogP contribution in [0, 0.1) is 5.92 Å². The first-order valence-electron chi connectivity index (χ1n) is 10.6. The van der Waals surface area contributed by atoms with Crippen LogP contribution in [0.3, 0.4) is 0 Å². The molecule has 1 aromatic carbocycles. The second-order valence-corrected chi connectivity index (χ2v) is 12.4. The SMILES string of the molecule is CC(C)CCn1nc(C2CC2)c(O)c(C2=CS(=O)(=O)c3cc(NS(C)(=O)=O)ccc3N2)c1=O. The minimum Gasteiger partial charge on any atom is -0.505 e. The molecule has 0 unspecified atom stereocenters. The highest BCUT2D eigenvalue weighted by molar-refractivity contribution is 7.94. The van der Waals surface area contributed by atoms with Gasteiger partial charge in [-0.25, -0.2) is 21.5 Å². The Morgan fingerprint density at radius 2 is 2.00 bits per heavy atom.